The number of carbonyl (C=O) groups excluding carboxylic acids is 1. The second-order valence-electron chi connectivity index (χ2n) is 9.46. The van der Waals surface area contributed by atoms with Gasteiger partial charge in [0.2, 0.25) is 10.0 Å². The highest BCUT2D eigenvalue weighted by Crippen LogP contribution is 2.35. The third kappa shape index (κ3) is 5.44. The molecule has 0 spiro atoms. The van der Waals surface area contributed by atoms with Gasteiger partial charge in [-0.2, -0.15) is 9.30 Å². The van der Waals surface area contributed by atoms with Gasteiger partial charge in [0.1, 0.15) is 13.2 Å². The zero-order chi connectivity index (χ0) is 25.3. The summed E-state index contributed by atoms with van der Waals surface area (Å²) in [4.78, 5) is 17.9. The number of thiazole rings is 1. The Hall–Kier alpha value is -2.69. The summed E-state index contributed by atoms with van der Waals surface area (Å²) in [6, 6.07) is 9.81. The molecule has 0 fully saturated rings. The van der Waals surface area contributed by atoms with Crippen molar-refractivity contribution >= 4 is 37.5 Å². The molecule has 0 atom stereocenters. The Bertz CT molecular complexity index is 1390. The molecule has 4 rings (SSSR count). The summed E-state index contributed by atoms with van der Waals surface area (Å²) in [5, 5.41) is 0. The van der Waals surface area contributed by atoms with Crippen LogP contribution in [0.1, 0.15) is 38.1 Å². The predicted molar refractivity (Wildman–Crippen MR) is 137 cm³/mol. The molecular formula is C25H31N3O5S2. The number of carbonyl (C=O) groups is 1. The summed E-state index contributed by atoms with van der Waals surface area (Å²) in [5.41, 5.74) is 1.22. The molecule has 1 amide bonds. The van der Waals surface area contributed by atoms with Gasteiger partial charge in [0.15, 0.2) is 16.3 Å². The average molecular weight is 518 g/mol. The minimum absolute atomic E-state index is 0.174. The zero-order valence-corrected chi connectivity index (χ0v) is 22.3. The van der Waals surface area contributed by atoms with Gasteiger partial charge in [-0.1, -0.05) is 39.0 Å². The first-order valence-corrected chi connectivity index (χ1v) is 13.9. The van der Waals surface area contributed by atoms with Crippen LogP contribution >= 0.6 is 11.3 Å². The van der Waals surface area contributed by atoms with Crippen molar-refractivity contribution in [3.05, 3.63) is 46.8 Å². The van der Waals surface area contributed by atoms with Crippen LogP contribution in [-0.2, 0) is 17.1 Å². The number of amides is 1. The second kappa shape index (κ2) is 10.1. The van der Waals surface area contributed by atoms with Crippen molar-refractivity contribution in [2.75, 3.05) is 26.3 Å². The maximum absolute atomic E-state index is 13.2. The van der Waals surface area contributed by atoms with Gasteiger partial charge in [0.05, 0.1) is 15.1 Å². The van der Waals surface area contributed by atoms with Crippen LogP contribution in [0.5, 0.6) is 11.5 Å². The number of sulfonamides is 1. The number of aryl methyl sites for hydroxylation is 1. The third-order valence-electron chi connectivity index (χ3n) is 5.55. The molecule has 0 saturated heterocycles. The highest BCUT2D eigenvalue weighted by molar-refractivity contribution is 7.89. The Morgan fingerprint density at radius 2 is 1.60 bits per heavy atom. The molecule has 10 heteroatoms. The summed E-state index contributed by atoms with van der Waals surface area (Å²) >= 11 is 1.38. The predicted octanol–water partition coefficient (Wildman–Crippen LogP) is 4.05. The molecule has 3 aromatic rings. The van der Waals surface area contributed by atoms with Gasteiger partial charge >= 0.3 is 0 Å². The number of fused-ring (bicyclic) bond motifs is 2. The van der Waals surface area contributed by atoms with E-state index in [0.717, 1.165) is 10.2 Å². The maximum Gasteiger partial charge on any atom is 0.279 e. The van der Waals surface area contributed by atoms with E-state index in [9.17, 15) is 13.2 Å². The van der Waals surface area contributed by atoms with Crippen LogP contribution in [0, 0.1) is 11.8 Å². The van der Waals surface area contributed by atoms with Gasteiger partial charge in [-0.25, -0.2) is 8.42 Å². The van der Waals surface area contributed by atoms with E-state index in [4.69, 9.17) is 9.47 Å². The molecular weight excluding hydrogens is 486 g/mol. The molecule has 8 nitrogen and oxygen atoms in total. The number of nitrogens with zero attached hydrogens (tertiary/aromatic N) is 3. The molecule has 0 unspecified atom stereocenters. The first-order chi connectivity index (χ1) is 16.6. The van der Waals surface area contributed by atoms with E-state index in [1.54, 1.807) is 0 Å². The highest BCUT2D eigenvalue weighted by Gasteiger charge is 2.26. The van der Waals surface area contributed by atoms with E-state index < -0.39 is 15.9 Å². The number of benzene rings is 2. The number of aromatic nitrogens is 1. The lowest BCUT2D eigenvalue weighted by molar-refractivity contribution is 0.0998. The first-order valence-electron chi connectivity index (χ1n) is 11.6. The van der Waals surface area contributed by atoms with E-state index in [1.165, 1.54) is 39.9 Å². The zero-order valence-electron chi connectivity index (χ0n) is 20.6. The Balaban J connectivity index is 1.61. The summed E-state index contributed by atoms with van der Waals surface area (Å²) < 4.78 is 42.0. The van der Waals surface area contributed by atoms with Gasteiger partial charge in [0.25, 0.3) is 5.91 Å². The first kappa shape index (κ1) is 25.4. The number of hydrogen-bond donors (Lipinski definition) is 0. The minimum Gasteiger partial charge on any atom is -0.486 e. The van der Waals surface area contributed by atoms with Gasteiger partial charge in [-0.15, -0.1) is 0 Å². The van der Waals surface area contributed by atoms with Crippen molar-refractivity contribution in [1.82, 2.24) is 8.87 Å². The molecule has 2 aromatic carbocycles. The Morgan fingerprint density at radius 1 is 1.03 bits per heavy atom. The average Bonchev–Trinajstić information content (AvgIpc) is 3.10. The van der Waals surface area contributed by atoms with E-state index in [2.05, 4.69) is 4.99 Å². The number of rotatable bonds is 7. The van der Waals surface area contributed by atoms with E-state index in [0.29, 0.717) is 48.2 Å². The fourth-order valence-electron chi connectivity index (χ4n) is 3.93. The molecule has 0 saturated carbocycles. The third-order valence-corrected chi connectivity index (χ3v) is 8.49. The van der Waals surface area contributed by atoms with Crippen LogP contribution in [0.15, 0.2) is 46.3 Å². The number of ether oxygens (including phenoxy) is 2. The molecule has 35 heavy (non-hydrogen) atoms. The SMILES string of the molecule is CC(C)CN(CC(C)C)S(=O)(=O)c1ccc(C(=O)N=c2sc3cc4c(cc3n2C)OCCO4)cc1. The quantitative estimate of drug-likeness (QED) is 0.472. The topological polar surface area (TPSA) is 90.2 Å². The molecule has 0 N–H and O–H groups in total. The van der Waals surface area contributed by atoms with Gasteiger partial charge in [0, 0.05) is 37.8 Å². The van der Waals surface area contributed by atoms with Crippen molar-refractivity contribution in [2.24, 2.45) is 23.9 Å². The van der Waals surface area contributed by atoms with Crippen molar-refractivity contribution in [3.8, 4) is 11.5 Å². The van der Waals surface area contributed by atoms with Crippen molar-refractivity contribution in [2.45, 2.75) is 32.6 Å². The van der Waals surface area contributed by atoms with Crippen molar-refractivity contribution in [3.63, 3.8) is 0 Å². The molecule has 1 aliphatic heterocycles. The van der Waals surface area contributed by atoms with Crippen LogP contribution in [0.25, 0.3) is 10.2 Å². The normalized spacial score (nSPS) is 14.5. The molecule has 1 aliphatic rings. The molecule has 0 bridgehead atoms. The van der Waals surface area contributed by atoms with Gasteiger partial charge in [-0.3, -0.25) is 4.79 Å². The van der Waals surface area contributed by atoms with Crippen LogP contribution in [0.2, 0.25) is 0 Å². The Morgan fingerprint density at radius 3 is 2.17 bits per heavy atom. The van der Waals surface area contributed by atoms with Crippen molar-refractivity contribution in [1.29, 1.82) is 0 Å². The Labute approximate surface area is 209 Å². The molecule has 0 radical (unpaired) electrons. The van der Waals surface area contributed by atoms with Crippen LogP contribution in [0.3, 0.4) is 0 Å². The molecule has 188 valence electrons. The lowest BCUT2D eigenvalue weighted by Crippen LogP contribution is -2.37. The minimum atomic E-state index is -3.66. The van der Waals surface area contributed by atoms with E-state index >= 15 is 0 Å². The van der Waals surface area contributed by atoms with Crippen LogP contribution < -0.4 is 14.3 Å². The highest BCUT2D eigenvalue weighted by atomic mass is 32.2. The van der Waals surface area contributed by atoms with E-state index in [1.807, 2.05) is 51.4 Å². The lowest BCUT2D eigenvalue weighted by atomic mass is 10.2. The van der Waals surface area contributed by atoms with Crippen LogP contribution in [0.4, 0.5) is 0 Å². The van der Waals surface area contributed by atoms with Gasteiger partial charge in [-0.05, 0) is 36.1 Å². The van der Waals surface area contributed by atoms with E-state index in [-0.39, 0.29) is 16.7 Å². The monoisotopic (exact) mass is 517 g/mol. The van der Waals surface area contributed by atoms with Crippen LogP contribution in [-0.4, -0.2) is 49.5 Å². The van der Waals surface area contributed by atoms with Gasteiger partial charge < -0.3 is 14.0 Å². The summed E-state index contributed by atoms with van der Waals surface area (Å²) in [7, 11) is -1.82. The Kier molecular flexibility index (Phi) is 7.35. The smallest absolute Gasteiger partial charge is 0.279 e. The fraction of sp³-hybridized carbons (Fsp3) is 0.440. The maximum atomic E-state index is 13.2. The largest absolute Gasteiger partial charge is 0.486 e. The summed E-state index contributed by atoms with van der Waals surface area (Å²) in [6.45, 7) is 9.87. The lowest BCUT2D eigenvalue weighted by Gasteiger charge is -2.25. The van der Waals surface area contributed by atoms with Crippen molar-refractivity contribution < 1.29 is 22.7 Å². The summed E-state index contributed by atoms with van der Waals surface area (Å²) in [5.74, 6) is 1.33. The number of hydrogen-bond acceptors (Lipinski definition) is 6. The fourth-order valence-corrected chi connectivity index (χ4v) is 6.72. The second-order valence-corrected chi connectivity index (χ2v) is 12.4. The molecule has 1 aromatic heterocycles. The standard InChI is InChI=1S/C25H31N3O5S2/c1-16(2)14-28(15-17(3)4)35(30,31)19-8-6-18(7-9-19)24(29)26-25-27(5)20-12-21-22(13-23(20)34-25)33-11-10-32-21/h6-9,12-13,16-17H,10-11,14-15H2,1-5H3. The summed E-state index contributed by atoms with van der Waals surface area (Å²) in [6.07, 6.45) is 0. The molecule has 2 heterocycles. The molecule has 0 aliphatic carbocycles.